The van der Waals surface area contributed by atoms with E-state index in [2.05, 4.69) is 0 Å². The van der Waals surface area contributed by atoms with E-state index < -0.39 is 93.7 Å². The fraction of sp³-hybridized carbons (Fsp3) is 0.917. The molecular formula is C12H9F14IO2. The molecule has 0 fully saturated rings. The molecule has 0 bridgehead atoms. The van der Waals surface area contributed by atoms with Crippen LogP contribution in [0.25, 0.3) is 0 Å². The second-order valence-electron chi connectivity index (χ2n) is 6.02. The number of carboxylic acids is 1. The van der Waals surface area contributed by atoms with E-state index in [0.717, 1.165) is 0 Å². The van der Waals surface area contributed by atoms with Crippen LogP contribution in [0.4, 0.5) is 61.5 Å². The Morgan fingerprint density at radius 3 is 1.31 bits per heavy atom. The highest BCUT2D eigenvalue weighted by Crippen LogP contribution is 2.57. The van der Waals surface area contributed by atoms with Crippen LogP contribution in [0.5, 0.6) is 0 Å². The lowest BCUT2D eigenvalue weighted by Gasteiger charge is -2.36. The quantitative estimate of drug-likeness (QED) is 0.174. The minimum absolute atomic E-state index is 0.667. The zero-order valence-corrected chi connectivity index (χ0v) is 15.5. The fourth-order valence-electron chi connectivity index (χ4n) is 2.01. The highest BCUT2D eigenvalue weighted by atomic mass is 127. The Morgan fingerprint density at radius 2 is 0.966 bits per heavy atom. The van der Waals surface area contributed by atoms with Crippen molar-refractivity contribution in [3.8, 4) is 0 Å². The third kappa shape index (κ3) is 7.15. The van der Waals surface area contributed by atoms with Crippen LogP contribution >= 0.6 is 22.6 Å². The maximum Gasteiger partial charge on any atom is 0.387 e. The maximum atomic E-state index is 13.4. The molecule has 0 aliphatic heterocycles. The minimum atomic E-state index is -7.14. The van der Waals surface area contributed by atoms with Gasteiger partial charge in [0, 0.05) is 22.6 Å². The Bertz CT molecular complexity index is 598. The van der Waals surface area contributed by atoms with Crippen LogP contribution in [0.3, 0.4) is 0 Å². The smallest absolute Gasteiger partial charge is 0.387 e. The molecule has 0 saturated heterocycles. The van der Waals surface area contributed by atoms with Crippen molar-refractivity contribution in [1.29, 1.82) is 0 Å². The van der Waals surface area contributed by atoms with E-state index in [1.165, 1.54) is 0 Å². The molecular weight excluding hydrogens is 569 g/mol. The van der Waals surface area contributed by atoms with Crippen LogP contribution in [-0.2, 0) is 4.79 Å². The van der Waals surface area contributed by atoms with Crippen molar-refractivity contribution in [3.05, 3.63) is 0 Å². The Kier molecular flexibility index (Phi) is 7.83. The molecule has 0 amide bonds. The van der Waals surface area contributed by atoms with Gasteiger partial charge in [-0.3, -0.25) is 4.79 Å². The normalized spacial score (nSPS) is 15.6. The van der Waals surface area contributed by atoms with Gasteiger partial charge in [-0.15, -0.1) is 0 Å². The first kappa shape index (κ1) is 28.2. The van der Waals surface area contributed by atoms with E-state index in [9.17, 15) is 66.3 Å². The molecule has 2 nitrogen and oxygen atoms in total. The van der Waals surface area contributed by atoms with Crippen molar-refractivity contribution in [2.24, 2.45) is 0 Å². The van der Waals surface area contributed by atoms with Gasteiger partial charge in [-0.05, 0) is 0 Å². The monoisotopic (exact) mass is 578 g/mol. The summed E-state index contributed by atoms with van der Waals surface area (Å²) in [6, 6.07) is 0. The second kappa shape index (κ2) is 8.05. The van der Waals surface area contributed by atoms with E-state index in [1.807, 2.05) is 0 Å². The molecule has 0 spiro atoms. The van der Waals surface area contributed by atoms with E-state index in [0.29, 0.717) is 0 Å². The Morgan fingerprint density at radius 1 is 0.621 bits per heavy atom. The van der Waals surface area contributed by atoms with Gasteiger partial charge in [0.15, 0.2) is 0 Å². The third-order valence-corrected chi connectivity index (χ3v) is 3.81. The number of carboxylic acid groups (broad SMARTS) is 1. The summed E-state index contributed by atoms with van der Waals surface area (Å²) in [6.07, 6.45) is -12.3. The number of hydrogen-bond donors (Lipinski definition) is 1. The topological polar surface area (TPSA) is 37.3 Å². The van der Waals surface area contributed by atoms with Crippen molar-refractivity contribution >= 4 is 28.6 Å². The van der Waals surface area contributed by atoms with Gasteiger partial charge in [0.2, 0.25) is 0 Å². The number of carbonyl (C=O) groups is 1. The van der Waals surface area contributed by atoms with Gasteiger partial charge in [-0.2, -0.15) is 35.1 Å². The summed E-state index contributed by atoms with van der Waals surface area (Å²) in [6.45, 7) is 0. The summed E-state index contributed by atoms with van der Waals surface area (Å²) in [5, 5.41) is 8.07. The zero-order valence-electron chi connectivity index (χ0n) is 13.4. The second-order valence-corrected chi connectivity index (χ2v) is 7.37. The number of alkyl halides is 15. The van der Waals surface area contributed by atoms with Crippen molar-refractivity contribution in [1.82, 2.24) is 0 Å². The van der Waals surface area contributed by atoms with E-state index in [-0.39, 0.29) is 0 Å². The van der Waals surface area contributed by atoms with Crippen molar-refractivity contribution < 1.29 is 71.4 Å². The van der Waals surface area contributed by atoms with Gasteiger partial charge >= 0.3 is 27.7 Å². The van der Waals surface area contributed by atoms with Crippen molar-refractivity contribution in [2.75, 3.05) is 0 Å². The lowest BCUT2D eigenvalue weighted by Crippen LogP contribution is -2.61. The van der Waals surface area contributed by atoms with Crippen LogP contribution < -0.4 is 0 Å². The average Bonchev–Trinajstić information content (AvgIpc) is 2.29. The molecule has 0 rings (SSSR count). The minimum Gasteiger partial charge on any atom is -0.481 e. The standard InChI is InChI=1S/C12H9F14IO2/c13-6(14,1-5(28)29)2-7(15,16)3-8(17,18)4-9(19,20)10(21,22)11(23,24)12(25,26)27/h1-4H2,(H,28,29). The largest absolute Gasteiger partial charge is 0.481 e. The fourth-order valence-corrected chi connectivity index (χ4v) is 2.35. The van der Waals surface area contributed by atoms with Crippen LogP contribution in [0, 0.1) is 0 Å². The SMILES string of the molecule is O=C(O)CC(F)(F)CC(F)(F)CC(F)(F)CC(F)(F)C(F)(F)C(F)(F)C(F)(F)I. The van der Waals surface area contributed by atoms with Crippen LogP contribution in [0.15, 0.2) is 0 Å². The predicted molar refractivity (Wildman–Crippen MR) is 74.8 cm³/mol. The number of halogens is 15. The molecule has 17 heteroatoms. The summed E-state index contributed by atoms with van der Waals surface area (Å²) in [7, 11) is 0. The molecule has 174 valence electrons. The summed E-state index contributed by atoms with van der Waals surface area (Å²) in [5.41, 5.74) is 0. The van der Waals surface area contributed by atoms with Crippen molar-refractivity contribution in [2.45, 2.75) is 65.1 Å². The maximum absolute atomic E-state index is 13.4. The van der Waals surface area contributed by atoms with Gasteiger partial charge < -0.3 is 5.11 Å². The van der Waals surface area contributed by atoms with E-state index in [4.69, 9.17) is 5.11 Å². The molecule has 0 aliphatic carbocycles. The number of hydrogen-bond acceptors (Lipinski definition) is 1. The van der Waals surface area contributed by atoms with Crippen LogP contribution in [0.1, 0.15) is 25.7 Å². The molecule has 0 aromatic carbocycles. The highest BCUT2D eigenvalue weighted by molar-refractivity contribution is 14.1. The van der Waals surface area contributed by atoms with E-state index in [1.54, 1.807) is 0 Å². The molecule has 0 aromatic heterocycles. The lowest BCUT2D eigenvalue weighted by atomic mass is 9.93. The molecule has 0 heterocycles. The first-order valence-electron chi connectivity index (χ1n) is 6.84. The molecule has 0 radical (unpaired) electrons. The molecule has 0 aromatic rings. The average molecular weight is 578 g/mol. The van der Waals surface area contributed by atoms with E-state index >= 15 is 0 Å². The predicted octanol–water partition coefficient (Wildman–Crippen LogP) is 6.47. The van der Waals surface area contributed by atoms with Gasteiger partial charge in [0.05, 0.1) is 19.3 Å². The summed E-state index contributed by atoms with van der Waals surface area (Å²) in [4.78, 5) is 10.1. The summed E-state index contributed by atoms with van der Waals surface area (Å²) in [5.74, 6) is -38.9. The Hall–Kier alpha value is -0.780. The molecule has 0 saturated carbocycles. The Balaban J connectivity index is 5.60. The molecule has 0 aliphatic rings. The van der Waals surface area contributed by atoms with Gasteiger partial charge in [-0.25, -0.2) is 26.3 Å². The highest BCUT2D eigenvalue weighted by Gasteiger charge is 2.80. The Labute approximate surface area is 165 Å². The van der Waals surface area contributed by atoms with Crippen molar-refractivity contribution in [3.63, 3.8) is 0 Å². The number of aliphatic carboxylic acids is 1. The van der Waals surface area contributed by atoms with Gasteiger partial charge in [0.25, 0.3) is 17.8 Å². The summed E-state index contributed by atoms with van der Waals surface area (Å²) < 4.78 is 177. The number of rotatable bonds is 11. The first-order chi connectivity index (χ1) is 12.3. The molecule has 29 heavy (non-hydrogen) atoms. The van der Waals surface area contributed by atoms with Crippen LogP contribution in [0.2, 0.25) is 0 Å². The molecule has 1 N–H and O–H groups in total. The molecule has 0 atom stereocenters. The first-order valence-corrected chi connectivity index (χ1v) is 7.92. The summed E-state index contributed by atoms with van der Waals surface area (Å²) >= 11 is -0.667. The lowest BCUT2D eigenvalue weighted by molar-refractivity contribution is -0.352. The van der Waals surface area contributed by atoms with Gasteiger partial charge in [-0.1, -0.05) is 0 Å². The van der Waals surface area contributed by atoms with Gasteiger partial charge in [0.1, 0.15) is 6.42 Å². The van der Waals surface area contributed by atoms with Crippen LogP contribution in [-0.4, -0.2) is 50.5 Å². The molecule has 0 unspecified atom stereocenters. The third-order valence-electron chi connectivity index (χ3n) is 3.13. The zero-order chi connectivity index (χ0) is 23.9.